The number of nitrogens with zero attached hydrogens (tertiary/aromatic N) is 3. The number of nitro benzene ring substituents is 1. The second-order valence-corrected chi connectivity index (χ2v) is 5.91. The van der Waals surface area contributed by atoms with Crippen LogP contribution in [0.15, 0.2) is 35.8 Å². The first-order chi connectivity index (χ1) is 12.2. The van der Waals surface area contributed by atoms with Gasteiger partial charge in [-0.15, -0.1) is 11.3 Å². The lowest BCUT2D eigenvalue weighted by Crippen LogP contribution is -2.09. The Morgan fingerprint density at radius 2 is 1.96 bits per heavy atom. The van der Waals surface area contributed by atoms with Crippen LogP contribution in [-0.2, 0) is 6.18 Å². The monoisotopic (exact) mass is 383 g/mol. The molecular formula is C15H8F3N3O4S. The largest absolute Gasteiger partial charge is 0.504 e. The number of phenolic OH excluding ortho intramolecular Hbond substituents is 2. The van der Waals surface area contributed by atoms with Crippen LogP contribution in [0.1, 0.15) is 5.69 Å². The Labute approximate surface area is 147 Å². The van der Waals surface area contributed by atoms with Gasteiger partial charge in [-0.2, -0.15) is 13.2 Å². The van der Waals surface area contributed by atoms with Crippen LogP contribution in [0.2, 0.25) is 0 Å². The van der Waals surface area contributed by atoms with Crippen molar-refractivity contribution in [1.29, 1.82) is 0 Å². The van der Waals surface area contributed by atoms with Gasteiger partial charge < -0.3 is 10.2 Å². The van der Waals surface area contributed by atoms with E-state index in [0.29, 0.717) is 0 Å². The van der Waals surface area contributed by atoms with Crippen LogP contribution in [0.4, 0.5) is 18.9 Å². The molecule has 0 fully saturated rings. The number of hydrogen-bond donors (Lipinski definition) is 2. The molecule has 11 heteroatoms. The molecule has 2 N–H and O–H groups in total. The molecule has 0 saturated heterocycles. The average molecular weight is 383 g/mol. The quantitative estimate of drug-likeness (QED) is 0.398. The van der Waals surface area contributed by atoms with Crippen molar-refractivity contribution < 1.29 is 28.3 Å². The van der Waals surface area contributed by atoms with Gasteiger partial charge in [0.15, 0.2) is 11.4 Å². The van der Waals surface area contributed by atoms with Crippen molar-refractivity contribution in [3.63, 3.8) is 0 Å². The van der Waals surface area contributed by atoms with E-state index in [4.69, 9.17) is 0 Å². The van der Waals surface area contributed by atoms with Crippen LogP contribution >= 0.6 is 11.3 Å². The van der Waals surface area contributed by atoms with Gasteiger partial charge >= 0.3 is 11.9 Å². The van der Waals surface area contributed by atoms with Gasteiger partial charge in [0.05, 0.1) is 10.6 Å². The lowest BCUT2D eigenvalue weighted by molar-refractivity contribution is -0.385. The highest BCUT2D eigenvalue weighted by molar-refractivity contribution is 7.13. The van der Waals surface area contributed by atoms with Gasteiger partial charge in [-0.3, -0.25) is 15.1 Å². The molecule has 0 spiro atoms. The first-order valence-corrected chi connectivity index (χ1v) is 7.75. The van der Waals surface area contributed by atoms with Gasteiger partial charge in [-0.25, -0.2) is 4.98 Å². The number of aromatic hydroxyl groups is 2. The molecular weight excluding hydrogens is 375 g/mol. The van der Waals surface area contributed by atoms with Crippen LogP contribution in [-0.4, -0.2) is 25.1 Å². The summed E-state index contributed by atoms with van der Waals surface area (Å²) in [5, 5.41) is 31.5. The summed E-state index contributed by atoms with van der Waals surface area (Å²) >= 11 is 0.887. The number of benzene rings is 1. The summed E-state index contributed by atoms with van der Waals surface area (Å²) in [4.78, 5) is 17.4. The van der Waals surface area contributed by atoms with Crippen LogP contribution in [0.3, 0.4) is 0 Å². The molecule has 0 unspecified atom stereocenters. The first kappa shape index (κ1) is 17.6. The molecule has 1 aromatic carbocycles. The fourth-order valence-electron chi connectivity index (χ4n) is 2.23. The Balaban J connectivity index is 2.09. The number of nitro groups is 1. The van der Waals surface area contributed by atoms with E-state index in [1.807, 2.05) is 0 Å². The molecule has 26 heavy (non-hydrogen) atoms. The van der Waals surface area contributed by atoms with Gasteiger partial charge in [0.2, 0.25) is 5.75 Å². The van der Waals surface area contributed by atoms with Gasteiger partial charge in [-0.1, -0.05) is 0 Å². The van der Waals surface area contributed by atoms with Crippen molar-refractivity contribution in [2.75, 3.05) is 0 Å². The summed E-state index contributed by atoms with van der Waals surface area (Å²) in [6, 6.07) is 4.56. The lowest BCUT2D eigenvalue weighted by atomic mass is 10.1. The van der Waals surface area contributed by atoms with Gasteiger partial charge in [-0.05, 0) is 18.2 Å². The summed E-state index contributed by atoms with van der Waals surface area (Å²) in [6.07, 6.45) is -3.65. The number of pyridine rings is 1. The fraction of sp³-hybridized carbons (Fsp3) is 0.0667. The Hall–Kier alpha value is -3.21. The molecule has 0 aliphatic heterocycles. The molecule has 3 aromatic rings. The van der Waals surface area contributed by atoms with Crippen molar-refractivity contribution >= 4 is 17.0 Å². The van der Waals surface area contributed by atoms with Crippen molar-refractivity contribution in [3.8, 4) is 33.3 Å². The Morgan fingerprint density at radius 3 is 2.62 bits per heavy atom. The standard InChI is InChI=1S/C15H8F3N3O4S/c16-15(17,18)13-8(2-1-3-19-13)14-20-9(6-26-14)7-4-10(21(24)25)12(23)11(22)5-7/h1-6,22-23H. The molecule has 0 aliphatic carbocycles. The van der Waals surface area contributed by atoms with E-state index in [2.05, 4.69) is 9.97 Å². The second kappa shape index (κ2) is 6.26. The SMILES string of the molecule is O=[N+]([O-])c1cc(-c2csc(-c3cccnc3C(F)(F)F)n2)cc(O)c1O. The first-order valence-electron chi connectivity index (χ1n) is 6.87. The summed E-state index contributed by atoms with van der Waals surface area (Å²) < 4.78 is 39.2. The highest BCUT2D eigenvalue weighted by Gasteiger charge is 2.36. The van der Waals surface area contributed by atoms with E-state index in [9.17, 15) is 33.5 Å². The molecule has 0 aliphatic rings. The summed E-state index contributed by atoms with van der Waals surface area (Å²) in [5.41, 5.74) is -1.88. The predicted molar refractivity (Wildman–Crippen MR) is 85.8 cm³/mol. The van der Waals surface area contributed by atoms with E-state index in [0.717, 1.165) is 29.7 Å². The molecule has 0 bridgehead atoms. The van der Waals surface area contributed by atoms with E-state index in [-0.39, 0.29) is 21.8 Å². The molecule has 0 amide bonds. The van der Waals surface area contributed by atoms with Crippen LogP contribution < -0.4 is 0 Å². The number of aromatic nitrogens is 2. The maximum absolute atomic E-state index is 13.1. The molecule has 0 radical (unpaired) electrons. The molecule has 7 nitrogen and oxygen atoms in total. The second-order valence-electron chi connectivity index (χ2n) is 5.06. The van der Waals surface area contributed by atoms with Crippen molar-refractivity contribution in [1.82, 2.24) is 9.97 Å². The Kier molecular flexibility index (Phi) is 4.24. The summed E-state index contributed by atoms with van der Waals surface area (Å²) in [7, 11) is 0. The average Bonchev–Trinajstić information content (AvgIpc) is 3.06. The van der Waals surface area contributed by atoms with E-state index in [1.54, 1.807) is 0 Å². The zero-order valence-electron chi connectivity index (χ0n) is 12.6. The lowest BCUT2D eigenvalue weighted by Gasteiger charge is -2.09. The minimum Gasteiger partial charge on any atom is -0.504 e. The normalized spacial score (nSPS) is 11.5. The molecule has 134 valence electrons. The number of thiazole rings is 1. The number of phenols is 2. The maximum atomic E-state index is 13.1. The zero-order valence-corrected chi connectivity index (χ0v) is 13.4. The van der Waals surface area contributed by atoms with Gasteiger partial charge in [0.1, 0.15) is 5.01 Å². The van der Waals surface area contributed by atoms with Crippen LogP contribution in [0.25, 0.3) is 21.8 Å². The minimum absolute atomic E-state index is 0.00985. The highest BCUT2D eigenvalue weighted by Crippen LogP contribution is 2.41. The molecule has 0 atom stereocenters. The Morgan fingerprint density at radius 1 is 1.23 bits per heavy atom. The fourth-order valence-corrected chi connectivity index (χ4v) is 3.08. The van der Waals surface area contributed by atoms with Crippen molar-refractivity contribution in [2.45, 2.75) is 6.18 Å². The van der Waals surface area contributed by atoms with Crippen LogP contribution in [0, 0.1) is 10.1 Å². The highest BCUT2D eigenvalue weighted by atomic mass is 32.1. The minimum atomic E-state index is -4.67. The zero-order chi connectivity index (χ0) is 19.1. The molecule has 2 aromatic heterocycles. The third-order valence-corrected chi connectivity index (χ3v) is 4.25. The maximum Gasteiger partial charge on any atom is 0.434 e. The number of alkyl halides is 3. The predicted octanol–water partition coefficient (Wildman–Crippen LogP) is 4.21. The number of hydrogen-bond acceptors (Lipinski definition) is 7. The molecule has 0 saturated carbocycles. The number of halogens is 3. The van der Waals surface area contributed by atoms with Crippen molar-refractivity contribution in [2.24, 2.45) is 0 Å². The Bertz CT molecular complexity index is 1000. The third-order valence-electron chi connectivity index (χ3n) is 3.37. The molecule has 2 heterocycles. The summed E-state index contributed by atoms with van der Waals surface area (Å²) in [6.45, 7) is 0. The van der Waals surface area contributed by atoms with Gasteiger partial charge in [0, 0.05) is 28.8 Å². The van der Waals surface area contributed by atoms with Crippen molar-refractivity contribution in [3.05, 3.63) is 51.7 Å². The van der Waals surface area contributed by atoms with Gasteiger partial charge in [0.25, 0.3) is 0 Å². The molecule has 3 rings (SSSR count). The van der Waals surface area contributed by atoms with E-state index < -0.39 is 34.0 Å². The van der Waals surface area contributed by atoms with E-state index >= 15 is 0 Å². The summed E-state index contributed by atoms with van der Waals surface area (Å²) in [5.74, 6) is -1.64. The topological polar surface area (TPSA) is 109 Å². The smallest absolute Gasteiger partial charge is 0.434 e. The third kappa shape index (κ3) is 3.16. The number of rotatable bonds is 3. The van der Waals surface area contributed by atoms with Crippen LogP contribution in [0.5, 0.6) is 11.5 Å². The van der Waals surface area contributed by atoms with E-state index in [1.165, 1.54) is 17.5 Å².